The fourth-order valence-electron chi connectivity index (χ4n) is 1.06. The second kappa shape index (κ2) is 4.07. The summed E-state index contributed by atoms with van der Waals surface area (Å²) >= 11 is 0. The Morgan fingerprint density at radius 2 is 1.92 bits per heavy atom. The normalized spacial score (nSPS) is 9.92. The maximum Gasteiger partial charge on any atom is 0.122 e. The number of hydrogen-bond donors (Lipinski definition) is 1. The first-order valence-corrected chi connectivity index (χ1v) is 4.00. The molecule has 2 N–H and O–H groups in total. The molecular weight excluding hydrogens is 152 g/mol. The number of ether oxygens (including phenoxy) is 1. The Morgan fingerprint density at radius 1 is 1.33 bits per heavy atom. The molecule has 1 heterocycles. The van der Waals surface area contributed by atoms with Gasteiger partial charge in [0.25, 0.3) is 0 Å². The monoisotopic (exact) mass is 166 g/mol. The molecule has 0 unspecified atom stereocenters. The van der Waals surface area contributed by atoms with Gasteiger partial charge >= 0.3 is 0 Å². The molecule has 12 heavy (non-hydrogen) atoms. The van der Waals surface area contributed by atoms with Crippen molar-refractivity contribution in [2.75, 3.05) is 13.2 Å². The number of rotatable bonds is 3. The smallest absolute Gasteiger partial charge is 0.122 e. The molecule has 0 saturated carbocycles. The predicted molar refractivity (Wildman–Crippen MR) is 48.3 cm³/mol. The van der Waals surface area contributed by atoms with Gasteiger partial charge in [0.2, 0.25) is 0 Å². The van der Waals surface area contributed by atoms with Crippen LogP contribution in [0.2, 0.25) is 0 Å². The van der Waals surface area contributed by atoms with Crippen molar-refractivity contribution in [2.45, 2.75) is 13.8 Å². The fraction of sp³-hybridized carbons (Fsp3) is 0.444. The van der Waals surface area contributed by atoms with Crippen LogP contribution in [0.5, 0.6) is 5.75 Å². The number of nitrogens with zero attached hydrogens (tertiary/aromatic N) is 1. The lowest BCUT2D eigenvalue weighted by Gasteiger charge is -2.05. The van der Waals surface area contributed by atoms with Crippen LogP contribution < -0.4 is 10.5 Å². The van der Waals surface area contributed by atoms with Gasteiger partial charge in [-0.1, -0.05) is 0 Å². The predicted octanol–water partition coefficient (Wildman–Crippen LogP) is 1.04. The lowest BCUT2D eigenvalue weighted by Crippen LogP contribution is -2.10. The largest absolute Gasteiger partial charge is 0.492 e. The topological polar surface area (TPSA) is 48.1 Å². The molecule has 0 atom stereocenters. The molecule has 1 aromatic heterocycles. The van der Waals surface area contributed by atoms with E-state index in [4.69, 9.17) is 10.5 Å². The molecule has 1 aromatic rings. The Hall–Kier alpha value is -1.09. The molecule has 3 heteroatoms. The van der Waals surface area contributed by atoms with Crippen LogP contribution in [0.15, 0.2) is 12.1 Å². The van der Waals surface area contributed by atoms with Crippen LogP contribution in [0.3, 0.4) is 0 Å². The Kier molecular flexibility index (Phi) is 3.05. The van der Waals surface area contributed by atoms with E-state index in [-0.39, 0.29) is 0 Å². The Morgan fingerprint density at radius 3 is 2.42 bits per heavy atom. The van der Waals surface area contributed by atoms with Crippen molar-refractivity contribution in [3.8, 4) is 5.75 Å². The summed E-state index contributed by atoms with van der Waals surface area (Å²) in [6.07, 6.45) is 0. The van der Waals surface area contributed by atoms with Crippen molar-refractivity contribution in [1.29, 1.82) is 0 Å². The van der Waals surface area contributed by atoms with Crippen molar-refractivity contribution in [1.82, 2.24) is 4.98 Å². The average Bonchev–Trinajstić information content (AvgIpc) is 1.99. The molecular formula is C9H14N2O. The molecule has 0 spiro atoms. The van der Waals surface area contributed by atoms with Gasteiger partial charge in [0.05, 0.1) is 0 Å². The van der Waals surface area contributed by atoms with E-state index < -0.39 is 0 Å². The van der Waals surface area contributed by atoms with Gasteiger partial charge in [-0.2, -0.15) is 0 Å². The van der Waals surface area contributed by atoms with E-state index in [0.29, 0.717) is 13.2 Å². The summed E-state index contributed by atoms with van der Waals surface area (Å²) in [5.74, 6) is 0.852. The van der Waals surface area contributed by atoms with Gasteiger partial charge in [0.15, 0.2) is 0 Å². The van der Waals surface area contributed by atoms with Gasteiger partial charge in [-0.3, -0.25) is 4.98 Å². The van der Waals surface area contributed by atoms with Gasteiger partial charge in [0, 0.05) is 30.1 Å². The Labute approximate surface area is 72.6 Å². The van der Waals surface area contributed by atoms with Gasteiger partial charge in [0.1, 0.15) is 12.4 Å². The van der Waals surface area contributed by atoms with E-state index in [9.17, 15) is 0 Å². The minimum Gasteiger partial charge on any atom is -0.492 e. The molecule has 0 aliphatic rings. The van der Waals surface area contributed by atoms with Crippen LogP contribution in [0, 0.1) is 13.8 Å². The summed E-state index contributed by atoms with van der Waals surface area (Å²) in [5, 5.41) is 0. The molecule has 66 valence electrons. The number of nitrogens with two attached hydrogens (primary N) is 1. The minimum absolute atomic E-state index is 0.542. The first-order chi connectivity index (χ1) is 5.72. The SMILES string of the molecule is Cc1cc(OCCN)cc(C)n1. The zero-order valence-corrected chi connectivity index (χ0v) is 7.50. The number of pyridine rings is 1. The first-order valence-electron chi connectivity index (χ1n) is 4.00. The zero-order valence-electron chi connectivity index (χ0n) is 7.50. The van der Waals surface area contributed by atoms with E-state index in [1.165, 1.54) is 0 Å². The standard InChI is InChI=1S/C9H14N2O/c1-7-5-9(12-4-3-10)6-8(2)11-7/h5-6H,3-4,10H2,1-2H3. The highest BCUT2D eigenvalue weighted by Gasteiger charge is 1.96. The molecule has 0 aromatic carbocycles. The summed E-state index contributed by atoms with van der Waals surface area (Å²) in [6.45, 7) is 4.99. The quantitative estimate of drug-likeness (QED) is 0.729. The highest BCUT2D eigenvalue weighted by Crippen LogP contribution is 2.12. The molecule has 0 saturated heterocycles. The van der Waals surface area contributed by atoms with Gasteiger partial charge < -0.3 is 10.5 Å². The molecule has 1 rings (SSSR count). The van der Waals surface area contributed by atoms with Gasteiger partial charge in [-0.25, -0.2) is 0 Å². The van der Waals surface area contributed by atoms with Crippen LogP contribution in [0.4, 0.5) is 0 Å². The van der Waals surface area contributed by atoms with E-state index in [1.807, 2.05) is 26.0 Å². The van der Waals surface area contributed by atoms with Crippen molar-refractivity contribution < 1.29 is 4.74 Å². The second-order valence-electron chi connectivity index (χ2n) is 2.72. The van der Waals surface area contributed by atoms with Crippen LogP contribution in [-0.2, 0) is 0 Å². The highest BCUT2D eigenvalue weighted by molar-refractivity contribution is 5.25. The third-order valence-corrected chi connectivity index (χ3v) is 1.44. The lowest BCUT2D eigenvalue weighted by atomic mass is 10.3. The molecule has 0 radical (unpaired) electrons. The maximum absolute atomic E-state index is 5.35. The summed E-state index contributed by atoms with van der Waals surface area (Å²) in [7, 11) is 0. The van der Waals surface area contributed by atoms with Crippen molar-refractivity contribution in [2.24, 2.45) is 5.73 Å². The van der Waals surface area contributed by atoms with E-state index >= 15 is 0 Å². The molecule has 0 aliphatic heterocycles. The fourth-order valence-corrected chi connectivity index (χ4v) is 1.06. The van der Waals surface area contributed by atoms with Crippen molar-refractivity contribution >= 4 is 0 Å². The van der Waals surface area contributed by atoms with Crippen molar-refractivity contribution in [3.63, 3.8) is 0 Å². The summed E-state index contributed by atoms with van der Waals surface area (Å²) in [6, 6.07) is 3.81. The van der Waals surface area contributed by atoms with E-state index in [2.05, 4.69) is 4.98 Å². The molecule has 0 amide bonds. The van der Waals surface area contributed by atoms with Crippen LogP contribution in [0.25, 0.3) is 0 Å². The second-order valence-corrected chi connectivity index (χ2v) is 2.72. The summed E-state index contributed by atoms with van der Waals surface area (Å²) < 4.78 is 5.35. The van der Waals surface area contributed by atoms with E-state index in [1.54, 1.807) is 0 Å². The van der Waals surface area contributed by atoms with Crippen LogP contribution >= 0.6 is 0 Å². The minimum atomic E-state index is 0.542. The van der Waals surface area contributed by atoms with Crippen LogP contribution in [-0.4, -0.2) is 18.1 Å². The van der Waals surface area contributed by atoms with E-state index in [0.717, 1.165) is 17.1 Å². The lowest BCUT2D eigenvalue weighted by molar-refractivity contribution is 0.327. The molecule has 0 fully saturated rings. The molecule has 0 bridgehead atoms. The third kappa shape index (κ3) is 2.51. The number of aromatic nitrogens is 1. The maximum atomic E-state index is 5.35. The first kappa shape index (κ1) is 9.00. The Balaban J connectivity index is 2.72. The van der Waals surface area contributed by atoms with Gasteiger partial charge in [-0.05, 0) is 13.8 Å². The van der Waals surface area contributed by atoms with Crippen LogP contribution in [0.1, 0.15) is 11.4 Å². The average molecular weight is 166 g/mol. The number of hydrogen-bond acceptors (Lipinski definition) is 3. The van der Waals surface area contributed by atoms with Gasteiger partial charge in [-0.15, -0.1) is 0 Å². The summed E-state index contributed by atoms with van der Waals surface area (Å²) in [4.78, 5) is 4.23. The molecule has 0 aliphatic carbocycles. The Bertz CT molecular complexity index is 240. The highest BCUT2D eigenvalue weighted by atomic mass is 16.5. The third-order valence-electron chi connectivity index (χ3n) is 1.44. The molecule has 3 nitrogen and oxygen atoms in total. The number of aryl methyl sites for hydroxylation is 2. The zero-order chi connectivity index (χ0) is 8.97. The summed E-state index contributed by atoms with van der Waals surface area (Å²) in [5.41, 5.74) is 7.26. The van der Waals surface area contributed by atoms with Crippen molar-refractivity contribution in [3.05, 3.63) is 23.5 Å².